The van der Waals surface area contributed by atoms with E-state index in [2.05, 4.69) is 48.7 Å². The number of hydrogen-bond donors (Lipinski definition) is 2. The van der Waals surface area contributed by atoms with Crippen molar-refractivity contribution >= 4 is 5.69 Å². The van der Waals surface area contributed by atoms with Crippen LogP contribution in [0, 0.1) is 0 Å². The molecule has 1 saturated carbocycles. The van der Waals surface area contributed by atoms with Gasteiger partial charge in [0.2, 0.25) is 0 Å². The topological polar surface area (TPSA) is 24.1 Å². The van der Waals surface area contributed by atoms with Crippen molar-refractivity contribution in [2.45, 2.75) is 58.0 Å². The first-order valence-electron chi connectivity index (χ1n) is 7.40. The average Bonchev–Trinajstić information content (AvgIpc) is 2.41. The van der Waals surface area contributed by atoms with Gasteiger partial charge >= 0.3 is 0 Å². The van der Waals surface area contributed by atoms with Gasteiger partial charge in [0.15, 0.2) is 0 Å². The molecule has 1 unspecified atom stereocenters. The molecule has 1 aliphatic carbocycles. The Hall–Kier alpha value is -1.02. The van der Waals surface area contributed by atoms with Gasteiger partial charge in [-0.1, -0.05) is 44.4 Å². The third kappa shape index (κ3) is 3.49. The van der Waals surface area contributed by atoms with E-state index in [0.29, 0.717) is 12.1 Å². The van der Waals surface area contributed by atoms with Gasteiger partial charge in [0.1, 0.15) is 0 Å². The molecule has 0 bridgehead atoms. The quantitative estimate of drug-likeness (QED) is 0.817. The molecular formula is C16H26N2. The Morgan fingerprint density at radius 3 is 2.61 bits per heavy atom. The highest BCUT2D eigenvalue weighted by Gasteiger charge is 2.15. The summed E-state index contributed by atoms with van der Waals surface area (Å²) in [6.07, 6.45) is 6.81. The molecule has 0 radical (unpaired) electrons. The lowest BCUT2D eigenvalue weighted by molar-refractivity contribution is 0.462. The summed E-state index contributed by atoms with van der Waals surface area (Å²) in [5.74, 6) is 0. The summed E-state index contributed by atoms with van der Waals surface area (Å²) in [4.78, 5) is 0. The Morgan fingerprint density at radius 1 is 1.17 bits per heavy atom. The molecule has 0 spiro atoms. The normalized spacial score (nSPS) is 18.6. The van der Waals surface area contributed by atoms with Gasteiger partial charge in [-0.15, -0.1) is 0 Å². The van der Waals surface area contributed by atoms with Gasteiger partial charge in [-0.2, -0.15) is 0 Å². The minimum absolute atomic E-state index is 0.419. The Labute approximate surface area is 111 Å². The molecule has 1 atom stereocenters. The molecule has 100 valence electrons. The standard InChI is InChI=1S/C16H26N2/c1-3-17-13(2)15-11-7-8-12-16(15)18-14-9-5-4-6-10-14/h7-8,11-14,17-18H,3-6,9-10H2,1-2H3. The number of rotatable bonds is 5. The van der Waals surface area contributed by atoms with Gasteiger partial charge in [-0.3, -0.25) is 0 Å². The molecule has 1 aromatic carbocycles. The highest BCUT2D eigenvalue weighted by molar-refractivity contribution is 5.53. The fraction of sp³-hybridized carbons (Fsp3) is 0.625. The molecule has 0 aliphatic heterocycles. The zero-order valence-corrected chi connectivity index (χ0v) is 11.7. The zero-order valence-electron chi connectivity index (χ0n) is 11.7. The maximum absolute atomic E-state index is 3.75. The number of benzene rings is 1. The van der Waals surface area contributed by atoms with Crippen LogP contribution in [-0.4, -0.2) is 12.6 Å². The molecule has 2 heteroatoms. The van der Waals surface area contributed by atoms with E-state index in [9.17, 15) is 0 Å². The summed E-state index contributed by atoms with van der Waals surface area (Å²) in [6, 6.07) is 9.81. The lowest BCUT2D eigenvalue weighted by atomic mass is 9.94. The highest BCUT2D eigenvalue weighted by Crippen LogP contribution is 2.26. The molecule has 0 amide bonds. The minimum atomic E-state index is 0.419. The monoisotopic (exact) mass is 246 g/mol. The van der Waals surface area contributed by atoms with Crippen LogP contribution in [0.2, 0.25) is 0 Å². The van der Waals surface area contributed by atoms with E-state index in [-0.39, 0.29) is 0 Å². The maximum atomic E-state index is 3.75. The SMILES string of the molecule is CCNC(C)c1ccccc1NC1CCCCC1. The lowest BCUT2D eigenvalue weighted by Gasteiger charge is -2.26. The fourth-order valence-corrected chi connectivity index (χ4v) is 2.89. The van der Waals surface area contributed by atoms with Crippen LogP contribution in [0.25, 0.3) is 0 Å². The molecule has 1 aliphatic rings. The van der Waals surface area contributed by atoms with Crippen molar-refractivity contribution in [3.8, 4) is 0 Å². The van der Waals surface area contributed by atoms with Crippen LogP contribution in [-0.2, 0) is 0 Å². The fourth-order valence-electron chi connectivity index (χ4n) is 2.89. The summed E-state index contributed by atoms with van der Waals surface area (Å²) in [7, 11) is 0. The van der Waals surface area contributed by atoms with Crippen molar-refractivity contribution in [2.24, 2.45) is 0 Å². The summed E-state index contributed by atoms with van der Waals surface area (Å²) >= 11 is 0. The predicted octanol–water partition coefficient (Wildman–Crippen LogP) is 4.10. The Morgan fingerprint density at radius 2 is 1.89 bits per heavy atom. The van der Waals surface area contributed by atoms with Crippen LogP contribution in [0.1, 0.15) is 57.6 Å². The molecule has 0 heterocycles. The van der Waals surface area contributed by atoms with Crippen molar-refractivity contribution in [3.63, 3.8) is 0 Å². The van der Waals surface area contributed by atoms with Gasteiger partial charge in [-0.05, 0) is 37.9 Å². The van der Waals surface area contributed by atoms with Crippen molar-refractivity contribution in [2.75, 3.05) is 11.9 Å². The molecule has 2 rings (SSSR count). The van der Waals surface area contributed by atoms with Crippen molar-refractivity contribution in [3.05, 3.63) is 29.8 Å². The van der Waals surface area contributed by atoms with E-state index in [1.54, 1.807) is 0 Å². The van der Waals surface area contributed by atoms with Crippen molar-refractivity contribution in [1.82, 2.24) is 5.32 Å². The van der Waals surface area contributed by atoms with Crippen molar-refractivity contribution in [1.29, 1.82) is 0 Å². The highest BCUT2D eigenvalue weighted by atomic mass is 14.9. The predicted molar refractivity (Wildman–Crippen MR) is 79.0 cm³/mol. The van der Waals surface area contributed by atoms with E-state index in [1.807, 2.05) is 0 Å². The summed E-state index contributed by atoms with van der Waals surface area (Å²) in [5, 5.41) is 7.25. The zero-order chi connectivity index (χ0) is 12.8. The van der Waals surface area contributed by atoms with Crippen LogP contribution >= 0.6 is 0 Å². The molecule has 2 N–H and O–H groups in total. The third-order valence-corrected chi connectivity index (χ3v) is 3.90. The first-order chi connectivity index (χ1) is 8.81. The van der Waals surface area contributed by atoms with E-state index in [1.165, 1.54) is 43.4 Å². The largest absolute Gasteiger partial charge is 0.382 e. The second-order valence-electron chi connectivity index (χ2n) is 5.35. The molecule has 0 aromatic heterocycles. The molecule has 0 saturated heterocycles. The second-order valence-corrected chi connectivity index (χ2v) is 5.35. The van der Waals surface area contributed by atoms with Crippen molar-refractivity contribution < 1.29 is 0 Å². The van der Waals surface area contributed by atoms with Gasteiger partial charge in [0, 0.05) is 17.8 Å². The number of para-hydroxylation sites is 1. The smallest absolute Gasteiger partial charge is 0.0390 e. The minimum Gasteiger partial charge on any atom is -0.382 e. The maximum Gasteiger partial charge on any atom is 0.0390 e. The molecule has 1 aromatic rings. The number of nitrogens with one attached hydrogen (secondary N) is 2. The Balaban J connectivity index is 2.06. The van der Waals surface area contributed by atoms with E-state index >= 15 is 0 Å². The van der Waals surface area contributed by atoms with Crippen LogP contribution in [0.4, 0.5) is 5.69 Å². The van der Waals surface area contributed by atoms with Gasteiger partial charge in [0.25, 0.3) is 0 Å². The van der Waals surface area contributed by atoms with Gasteiger partial charge in [-0.25, -0.2) is 0 Å². The molecule has 2 nitrogen and oxygen atoms in total. The van der Waals surface area contributed by atoms with Crippen LogP contribution in [0.5, 0.6) is 0 Å². The average molecular weight is 246 g/mol. The van der Waals surface area contributed by atoms with Gasteiger partial charge < -0.3 is 10.6 Å². The van der Waals surface area contributed by atoms with Crippen LogP contribution in [0.3, 0.4) is 0 Å². The van der Waals surface area contributed by atoms with Crippen LogP contribution in [0.15, 0.2) is 24.3 Å². The van der Waals surface area contributed by atoms with E-state index < -0.39 is 0 Å². The Bertz CT molecular complexity index is 356. The first-order valence-corrected chi connectivity index (χ1v) is 7.40. The summed E-state index contributed by atoms with van der Waals surface area (Å²) in [6.45, 7) is 5.41. The summed E-state index contributed by atoms with van der Waals surface area (Å²) in [5.41, 5.74) is 2.71. The number of hydrogen-bond acceptors (Lipinski definition) is 2. The summed E-state index contributed by atoms with van der Waals surface area (Å²) < 4.78 is 0. The first kappa shape index (κ1) is 13.4. The third-order valence-electron chi connectivity index (χ3n) is 3.90. The Kier molecular flexibility index (Phi) is 5.06. The second kappa shape index (κ2) is 6.79. The lowest BCUT2D eigenvalue weighted by Crippen LogP contribution is -2.25. The van der Waals surface area contributed by atoms with E-state index in [4.69, 9.17) is 0 Å². The number of anilines is 1. The molecule has 1 fully saturated rings. The van der Waals surface area contributed by atoms with Gasteiger partial charge in [0.05, 0.1) is 0 Å². The van der Waals surface area contributed by atoms with E-state index in [0.717, 1.165) is 6.54 Å². The van der Waals surface area contributed by atoms with Crippen LogP contribution < -0.4 is 10.6 Å². The molecular weight excluding hydrogens is 220 g/mol. The molecule has 18 heavy (non-hydrogen) atoms.